The summed E-state index contributed by atoms with van der Waals surface area (Å²) in [6.45, 7) is -0.314. The average Bonchev–Trinajstić information content (AvgIpc) is 3.30. The number of aliphatic hydroxyl groups excluding tert-OH is 3. The van der Waals surface area contributed by atoms with Crippen molar-refractivity contribution in [3.05, 3.63) is 35.2 Å². The summed E-state index contributed by atoms with van der Waals surface area (Å²) in [6.07, 6.45) is 5.57. The Morgan fingerprint density at radius 3 is 3.00 bits per heavy atom. The van der Waals surface area contributed by atoms with Crippen molar-refractivity contribution in [2.75, 3.05) is 19.0 Å². The number of aromatic amines is 1. The minimum atomic E-state index is -0.986. The number of imidazole rings is 1. The molecule has 0 saturated heterocycles. The van der Waals surface area contributed by atoms with Crippen molar-refractivity contribution in [1.29, 1.82) is 0 Å². The van der Waals surface area contributed by atoms with Gasteiger partial charge >= 0.3 is 163 Å². The first kappa shape index (κ1) is 19.8. The SMILES string of the molecule is Cn1cncc1Oc1cc(SCCO)cnc1/N=c1/[nH]c(C(O)CO)bs1. The third-order valence-corrected chi connectivity index (χ3v) is 5.17. The van der Waals surface area contributed by atoms with Crippen LogP contribution in [0.4, 0.5) is 5.82 Å². The standard InChI is InChI=1S/C15H18BN5O4S2/c1-21-8-17-6-12(21)25-11-4-9(26-3-2-22)5-18-14(11)20-15-19-13(16-27-15)10(24)7-23/h4-6,8,10,22-24H,2-3,7H2,1H3,(H,18,19,20). The van der Waals surface area contributed by atoms with E-state index in [4.69, 9.17) is 14.9 Å². The van der Waals surface area contributed by atoms with Crippen molar-refractivity contribution in [2.45, 2.75) is 11.0 Å². The van der Waals surface area contributed by atoms with Gasteiger partial charge in [-0.2, -0.15) is 0 Å². The Hall–Kier alpha value is -1.99. The summed E-state index contributed by atoms with van der Waals surface area (Å²) in [7, 11) is 1.81. The van der Waals surface area contributed by atoms with Crippen molar-refractivity contribution in [1.82, 2.24) is 19.5 Å². The molecule has 0 saturated carbocycles. The van der Waals surface area contributed by atoms with Crippen LogP contribution in [0.1, 0.15) is 11.7 Å². The summed E-state index contributed by atoms with van der Waals surface area (Å²) in [5.74, 6) is 1.87. The van der Waals surface area contributed by atoms with Gasteiger partial charge in [0.25, 0.3) is 0 Å². The van der Waals surface area contributed by atoms with Gasteiger partial charge in [-0.3, -0.25) is 0 Å². The quantitative estimate of drug-likeness (QED) is 0.404. The molecule has 12 heteroatoms. The molecule has 4 N–H and O–H groups in total. The van der Waals surface area contributed by atoms with Crippen molar-refractivity contribution in [3.8, 4) is 11.6 Å². The third kappa shape index (κ3) is 5.05. The average molecular weight is 407 g/mol. The van der Waals surface area contributed by atoms with E-state index in [9.17, 15) is 5.11 Å². The minimum absolute atomic E-state index is 0.0643. The molecular weight excluding hydrogens is 389 g/mol. The van der Waals surface area contributed by atoms with Gasteiger partial charge in [0.2, 0.25) is 0 Å². The number of nitrogens with zero attached hydrogens (tertiary/aromatic N) is 4. The predicted octanol–water partition coefficient (Wildman–Crippen LogP) is 0.678. The van der Waals surface area contributed by atoms with Gasteiger partial charge in [0.15, 0.2) is 0 Å². The Bertz CT molecular complexity index is 958. The van der Waals surface area contributed by atoms with Crippen LogP contribution in [-0.2, 0) is 7.05 Å². The molecule has 3 rings (SSSR count). The van der Waals surface area contributed by atoms with Gasteiger partial charge in [-0.15, -0.1) is 0 Å². The van der Waals surface area contributed by atoms with E-state index in [-0.39, 0.29) is 13.2 Å². The first-order valence-corrected chi connectivity index (χ1v) is 9.86. The number of ether oxygens (including phenoxy) is 1. The van der Waals surface area contributed by atoms with Crippen LogP contribution >= 0.6 is 22.9 Å². The molecule has 0 aliphatic rings. The number of H-pyrrole nitrogens is 1. The predicted molar refractivity (Wildman–Crippen MR) is 103 cm³/mol. The van der Waals surface area contributed by atoms with E-state index < -0.39 is 6.10 Å². The Morgan fingerprint density at radius 1 is 1.44 bits per heavy atom. The number of hydrogen-bond donors (Lipinski definition) is 4. The van der Waals surface area contributed by atoms with E-state index in [1.54, 1.807) is 35.5 Å². The molecule has 0 fully saturated rings. The zero-order valence-corrected chi connectivity index (χ0v) is 16.1. The van der Waals surface area contributed by atoms with Crippen LogP contribution in [0, 0.1) is 0 Å². The second-order valence-electron chi connectivity index (χ2n) is 5.44. The van der Waals surface area contributed by atoms with E-state index in [0.29, 0.717) is 33.6 Å². The Morgan fingerprint density at radius 2 is 2.30 bits per heavy atom. The van der Waals surface area contributed by atoms with Crippen LogP contribution < -0.4 is 9.54 Å². The molecule has 142 valence electrons. The molecular formula is C15H18BN5O4S2. The van der Waals surface area contributed by atoms with Gasteiger partial charge in [-0.1, -0.05) is 0 Å². The molecule has 3 aromatic heterocycles. The third-order valence-electron chi connectivity index (χ3n) is 3.44. The number of rotatable bonds is 8. The Kier molecular flexibility index (Phi) is 6.80. The molecule has 0 aliphatic carbocycles. The van der Waals surface area contributed by atoms with Crippen LogP contribution in [0.15, 0.2) is 34.7 Å². The zero-order chi connectivity index (χ0) is 19.2. The number of aliphatic hydroxyl groups is 3. The second-order valence-corrected chi connectivity index (χ2v) is 7.47. The fraction of sp³-hybridized carbons (Fsp3) is 0.333. The van der Waals surface area contributed by atoms with Crippen molar-refractivity contribution >= 4 is 34.9 Å². The monoisotopic (exact) mass is 407 g/mol. The molecule has 27 heavy (non-hydrogen) atoms. The van der Waals surface area contributed by atoms with Crippen LogP contribution in [0.25, 0.3) is 0 Å². The van der Waals surface area contributed by atoms with E-state index >= 15 is 0 Å². The molecule has 0 amide bonds. The molecule has 0 spiro atoms. The topological polar surface area (TPSA) is 129 Å². The number of nitrogens with one attached hydrogen (secondary N) is 1. The molecule has 1 unspecified atom stereocenters. The number of thioether (sulfide) groups is 1. The molecule has 0 aliphatic heterocycles. The van der Waals surface area contributed by atoms with Crippen molar-refractivity contribution < 1.29 is 20.1 Å². The van der Waals surface area contributed by atoms with Gasteiger partial charge in [-0.05, 0) is 0 Å². The molecule has 3 aromatic rings. The first-order valence-electron chi connectivity index (χ1n) is 8.00. The molecule has 0 bridgehead atoms. The van der Waals surface area contributed by atoms with Gasteiger partial charge in [0.05, 0.1) is 0 Å². The summed E-state index contributed by atoms with van der Waals surface area (Å²) >= 11 is 2.74. The van der Waals surface area contributed by atoms with Crippen LogP contribution in [0.5, 0.6) is 11.6 Å². The maximum atomic E-state index is 9.69. The van der Waals surface area contributed by atoms with Gasteiger partial charge in [0.1, 0.15) is 0 Å². The summed E-state index contributed by atoms with van der Waals surface area (Å²) in [5, 5.41) is 27.8. The molecule has 0 radical (unpaired) electrons. The second kappa shape index (κ2) is 9.28. The number of aryl methyl sites for hydroxylation is 1. The summed E-state index contributed by atoms with van der Waals surface area (Å²) in [4.78, 5) is 17.1. The van der Waals surface area contributed by atoms with Gasteiger partial charge in [-0.25, -0.2) is 0 Å². The molecule has 1 atom stereocenters. The first-order chi connectivity index (χ1) is 13.1. The van der Waals surface area contributed by atoms with Crippen LogP contribution in [0.2, 0.25) is 0 Å². The summed E-state index contributed by atoms with van der Waals surface area (Å²) in [6, 6.07) is 1.80. The van der Waals surface area contributed by atoms with E-state index in [0.717, 1.165) is 4.90 Å². The van der Waals surface area contributed by atoms with Gasteiger partial charge in [0, 0.05) is 0 Å². The van der Waals surface area contributed by atoms with Crippen molar-refractivity contribution in [3.63, 3.8) is 0 Å². The number of hydrogen-bond acceptors (Lipinski definition) is 9. The molecule has 0 aromatic carbocycles. The summed E-state index contributed by atoms with van der Waals surface area (Å²) in [5.41, 5.74) is 0.477. The zero-order valence-electron chi connectivity index (χ0n) is 14.4. The van der Waals surface area contributed by atoms with E-state index in [2.05, 4.69) is 19.9 Å². The van der Waals surface area contributed by atoms with Crippen LogP contribution in [-0.4, -0.2) is 60.0 Å². The Labute approximate surface area is 163 Å². The fourth-order valence-electron chi connectivity index (χ4n) is 2.09. The van der Waals surface area contributed by atoms with E-state index in [1.165, 1.54) is 22.9 Å². The van der Waals surface area contributed by atoms with Gasteiger partial charge < -0.3 is 0 Å². The van der Waals surface area contributed by atoms with E-state index in [1.807, 2.05) is 7.05 Å². The number of aromatic nitrogens is 4. The normalized spacial score (nSPS) is 13.0. The molecule has 9 nitrogen and oxygen atoms in total. The Balaban J connectivity index is 1.96. The maximum absolute atomic E-state index is 9.69. The molecule has 3 heterocycles. The van der Waals surface area contributed by atoms with Crippen LogP contribution in [0.3, 0.4) is 0 Å². The summed E-state index contributed by atoms with van der Waals surface area (Å²) < 4.78 is 7.64. The van der Waals surface area contributed by atoms with Crippen molar-refractivity contribution in [2.24, 2.45) is 12.0 Å². The number of pyridine rings is 1. The fourth-order valence-corrected chi connectivity index (χ4v) is 3.50.